The highest BCUT2D eigenvalue weighted by Gasteiger charge is 2.13. The lowest BCUT2D eigenvalue weighted by Crippen LogP contribution is -2.05. The fraction of sp³-hybridized carbons (Fsp3) is 0.0500. The number of hydrogen-bond donors (Lipinski definition) is 1. The van der Waals surface area contributed by atoms with Gasteiger partial charge in [-0.3, -0.25) is 4.79 Å². The molecule has 1 N–H and O–H groups in total. The number of aldehydes is 1. The maximum absolute atomic E-state index is 11.7. The Morgan fingerprint density at radius 2 is 1.64 bits per heavy atom. The number of carbonyl (C=O) groups is 1. The molecule has 1 aromatic heterocycles. The van der Waals surface area contributed by atoms with Crippen molar-refractivity contribution in [2.75, 3.05) is 11.6 Å². The summed E-state index contributed by atoms with van der Waals surface area (Å²) in [4.78, 5) is 20.5. The number of rotatable bonds is 4. The van der Waals surface area contributed by atoms with Gasteiger partial charge in [-0.25, -0.2) is 9.97 Å². The van der Waals surface area contributed by atoms with Crippen molar-refractivity contribution in [3.63, 3.8) is 0 Å². The van der Waals surface area contributed by atoms with Crippen molar-refractivity contribution in [1.29, 1.82) is 0 Å². The number of aromatic nitrogens is 2. The first-order chi connectivity index (χ1) is 12.3. The molecular weight excluding hydrogens is 330 g/mol. The van der Waals surface area contributed by atoms with Gasteiger partial charge in [0, 0.05) is 11.3 Å². The predicted molar refractivity (Wildman–Crippen MR) is 101 cm³/mol. The highest BCUT2D eigenvalue weighted by atomic mass is 32.2. The summed E-state index contributed by atoms with van der Waals surface area (Å²) in [7, 11) is 0. The van der Waals surface area contributed by atoms with Crippen LogP contribution in [0, 0.1) is 11.8 Å². The fourth-order valence-electron chi connectivity index (χ4n) is 2.15. The lowest BCUT2D eigenvalue weighted by molar-refractivity contribution is 0.112. The maximum atomic E-state index is 11.7. The summed E-state index contributed by atoms with van der Waals surface area (Å²) < 4.78 is 0. The zero-order valence-corrected chi connectivity index (χ0v) is 14.4. The zero-order valence-electron chi connectivity index (χ0n) is 13.6. The van der Waals surface area contributed by atoms with Crippen LogP contribution in [-0.4, -0.2) is 22.5 Å². The minimum atomic E-state index is 0.352. The molecule has 0 amide bonds. The van der Waals surface area contributed by atoms with Crippen molar-refractivity contribution >= 4 is 29.6 Å². The minimum Gasteiger partial charge on any atom is -0.339 e. The number of nitrogens with one attached hydrogen (secondary N) is 1. The Morgan fingerprint density at radius 3 is 2.28 bits per heavy atom. The van der Waals surface area contributed by atoms with Gasteiger partial charge in [-0.05, 0) is 36.4 Å². The molecule has 1 heterocycles. The lowest BCUT2D eigenvalue weighted by Gasteiger charge is -2.10. The van der Waals surface area contributed by atoms with Gasteiger partial charge >= 0.3 is 0 Å². The summed E-state index contributed by atoms with van der Waals surface area (Å²) >= 11 is 1.40. The molecule has 0 radical (unpaired) electrons. The van der Waals surface area contributed by atoms with Crippen molar-refractivity contribution in [3.05, 3.63) is 77.5 Å². The fourth-order valence-corrected chi connectivity index (χ4v) is 2.52. The molecule has 0 saturated carbocycles. The maximum Gasteiger partial charge on any atom is 0.190 e. The summed E-state index contributed by atoms with van der Waals surface area (Å²) in [6.45, 7) is 0. The van der Waals surface area contributed by atoms with Crippen LogP contribution >= 0.6 is 11.8 Å². The van der Waals surface area contributed by atoms with Gasteiger partial charge in [0.05, 0.1) is 5.56 Å². The van der Waals surface area contributed by atoms with E-state index in [9.17, 15) is 4.79 Å². The zero-order chi connectivity index (χ0) is 17.5. The first-order valence-corrected chi connectivity index (χ1v) is 8.83. The second-order valence-electron chi connectivity index (χ2n) is 5.05. The number of hydrogen-bond acceptors (Lipinski definition) is 5. The molecule has 5 heteroatoms. The number of benzene rings is 2. The third kappa shape index (κ3) is 4.25. The van der Waals surface area contributed by atoms with Crippen molar-refractivity contribution in [2.45, 2.75) is 5.16 Å². The van der Waals surface area contributed by atoms with E-state index < -0.39 is 0 Å². The van der Waals surface area contributed by atoms with E-state index in [1.54, 1.807) is 0 Å². The van der Waals surface area contributed by atoms with Crippen molar-refractivity contribution < 1.29 is 4.79 Å². The molecular formula is C20H15N3OS. The highest BCUT2D eigenvalue weighted by molar-refractivity contribution is 7.98. The molecule has 4 nitrogen and oxygen atoms in total. The standard InChI is InChI=1S/C20H15N3OS/c1-25-20-22-18(13-12-15-8-4-2-5-9-15)17(14-24)19(23-20)21-16-10-6-3-7-11-16/h2-11,14H,1H3,(H,21,22,23). The molecule has 3 rings (SSSR count). The van der Waals surface area contributed by atoms with Gasteiger partial charge in [-0.1, -0.05) is 54.1 Å². The number of nitrogens with zero attached hydrogens (tertiary/aromatic N) is 2. The molecule has 0 fully saturated rings. The number of anilines is 2. The van der Waals surface area contributed by atoms with E-state index in [4.69, 9.17) is 0 Å². The Morgan fingerprint density at radius 1 is 0.960 bits per heavy atom. The number of carbonyl (C=O) groups excluding carboxylic acids is 1. The van der Waals surface area contributed by atoms with E-state index in [1.807, 2.05) is 66.9 Å². The van der Waals surface area contributed by atoms with Crippen LogP contribution in [0.1, 0.15) is 21.6 Å². The Bertz CT molecular complexity index is 932. The summed E-state index contributed by atoms with van der Waals surface area (Å²) in [5.41, 5.74) is 2.47. The third-order valence-corrected chi connectivity index (χ3v) is 3.91. The van der Waals surface area contributed by atoms with Gasteiger partial charge in [0.15, 0.2) is 11.4 Å². The molecule has 122 valence electrons. The minimum absolute atomic E-state index is 0.352. The van der Waals surface area contributed by atoms with Crippen LogP contribution in [0.5, 0.6) is 0 Å². The summed E-state index contributed by atoms with van der Waals surface area (Å²) in [6, 6.07) is 19.2. The average Bonchev–Trinajstić information content (AvgIpc) is 2.67. The number of thioether (sulfide) groups is 1. The lowest BCUT2D eigenvalue weighted by atomic mass is 10.2. The first kappa shape index (κ1) is 16.7. The topological polar surface area (TPSA) is 54.9 Å². The van der Waals surface area contributed by atoms with Crippen LogP contribution in [0.4, 0.5) is 11.5 Å². The van der Waals surface area contributed by atoms with Gasteiger partial charge in [-0.15, -0.1) is 0 Å². The monoisotopic (exact) mass is 345 g/mol. The molecule has 0 aliphatic rings. The van der Waals surface area contributed by atoms with Gasteiger partial charge in [0.2, 0.25) is 0 Å². The summed E-state index contributed by atoms with van der Waals surface area (Å²) in [6.07, 6.45) is 2.63. The molecule has 3 aromatic rings. The van der Waals surface area contributed by atoms with Gasteiger partial charge in [0.25, 0.3) is 0 Å². The van der Waals surface area contributed by atoms with E-state index in [0.717, 1.165) is 17.5 Å². The molecule has 0 bridgehead atoms. The van der Waals surface area contributed by atoms with E-state index in [2.05, 4.69) is 27.1 Å². The molecule has 0 saturated heterocycles. The summed E-state index contributed by atoms with van der Waals surface area (Å²) in [5.74, 6) is 6.49. The average molecular weight is 345 g/mol. The molecule has 0 aliphatic carbocycles. The summed E-state index contributed by atoms with van der Waals surface area (Å²) in [5, 5.41) is 3.73. The van der Waals surface area contributed by atoms with E-state index in [1.165, 1.54) is 11.8 Å². The van der Waals surface area contributed by atoms with E-state index in [-0.39, 0.29) is 0 Å². The quantitative estimate of drug-likeness (QED) is 0.333. The first-order valence-electron chi connectivity index (χ1n) is 7.60. The third-order valence-electron chi connectivity index (χ3n) is 3.36. The predicted octanol–water partition coefficient (Wildman–Crippen LogP) is 4.15. The van der Waals surface area contributed by atoms with Crippen molar-refractivity contribution in [3.8, 4) is 11.8 Å². The van der Waals surface area contributed by atoms with Crippen LogP contribution in [-0.2, 0) is 0 Å². The van der Waals surface area contributed by atoms with E-state index >= 15 is 0 Å². The van der Waals surface area contributed by atoms with Gasteiger partial charge in [0.1, 0.15) is 11.5 Å². The van der Waals surface area contributed by atoms with E-state index in [0.29, 0.717) is 22.2 Å². The van der Waals surface area contributed by atoms with Gasteiger partial charge in [-0.2, -0.15) is 0 Å². The second kappa shape index (κ2) is 8.13. The molecule has 0 aliphatic heterocycles. The van der Waals surface area contributed by atoms with Crippen molar-refractivity contribution in [1.82, 2.24) is 9.97 Å². The largest absolute Gasteiger partial charge is 0.339 e. The smallest absolute Gasteiger partial charge is 0.190 e. The van der Waals surface area contributed by atoms with Crippen LogP contribution in [0.2, 0.25) is 0 Å². The van der Waals surface area contributed by atoms with Crippen LogP contribution in [0.25, 0.3) is 0 Å². The highest BCUT2D eigenvalue weighted by Crippen LogP contribution is 2.22. The molecule has 0 unspecified atom stereocenters. The molecule has 2 aromatic carbocycles. The Balaban J connectivity index is 2.04. The van der Waals surface area contributed by atoms with Crippen LogP contribution in [0.15, 0.2) is 65.8 Å². The Labute approximate surface area is 150 Å². The SMILES string of the molecule is CSc1nc(C#Cc2ccccc2)c(C=O)c(Nc2ccccc2)n1. The molecule has 0 atom stereocenters. The van der Waals surface area contributed by atoms with Crippen LogP contribution in [0.3, 0.4) is 0 Å². The van der Waals surface area contributed by atoms with Gasteiger partial charge < -0.3 is 5.32 Å². The Hall–Kier alpha value is -3.10. The molecule has 0 spiro atoms. The molecule has 25 heavy (non-hydrogen) atoms. The second-order valence-corrected chi connectivity index (χ2v) is 5.82. The Kier molecular flexibility index (Phi) is 5.45. The van der Waals surface area contributed by atoms with Crippen LogP contribution < -0.4 is 5.32 Å². The number of para-hydroxylation sites is 1. The van der Waals surface area contributed by atoms with Crippen molar-refractivity contribution in [2.24, 2.45) is 0 Å². The normalized spacial score (nSPS) is 9.80.